The van der Waals surface area contributed by atoms with Gasteiger partial charge in [0.15, 0.2) is 0 Å². The quantitative estimate of drug-likeness (QED) is 0.422. The Morgan fingerprint density at radius 2 is 2.05 bits per heavy atom. The van der Waals surface area contributed by atoms with Gasteiger partial charge in [-0.05, 0) is 26.0 Å². The van der Waals surface area contributed by atoms with Gasteiger partial charge < -0.3 is 14.8 Å². The van der Waals surface area contributed by atoms with Gasteiger partial charge in [-0.3, -0.25) is 10.1 Å². The minimum absolute atomic E-state index is 0.0805. The number of hydrogen-bond donors (Lipinski definition) is 1. The zero-order chi connectivity index (χ0) is 14.1. The summed E-state index contributed by atoms with van der Waals surface area (Å²) >= 11 is 0. The van der Waals surface area contributed by atoms with E-state index in [9.17, 15) is 10.1 Å². The highest BCUT2D eigenvalue weighted by Crippen LogP contribution is 2.24. The van der Waals surface area contributed by atoms with E-state index < -0.39 is 4.92 Å². The van der Waals surface area contributed by atoms with Crippen LogP contribution in [0.2, 0.25) is 0 Å². The van der Waals surface area contributed by atoms with Crippen LogP contribution in [0.5, 0.6) is 5.75 Å². The van der Waals surface area contributed by atoms with Crippen molar-refractivity contribution < 1.29 is 14.4 Å². The molecule has 1 aromatic carbocycles. The molecule has 0 aliphatic heterocycles. The first-order valence-corrected chi connectivity index (χ1v) is 6.22. The molecule has 1 rings (SSSR count). The number of unbranched alkanes of at least 4 members (excludes halogenated alkanes) is 1. The molecule has 0 amide bonds. The zero-order valence-electron chi connectivity index (χ0n) is 11.3. The number of non-ortho nitro benzene ring substituents is 1. The fraction of sp³-hybridized carbons (Fsp3) is 0.538. The highest BCUT2D eigenvalue weighted by atomic mass is 16.6. The Hall–Kier alpha value is -1.66. The van der Waals surface area contributed by atoms with Crippen molar-refractivity contribution >= 4 is 5.69 Å². The highest BCUT2D eigenvalue weighted by Gasteiger charge is 2.11. The van der Waals surface area contributed by atoms with Gasteiger partial charge in [-0.15, -0.1) is 0 Å². The summed E-state index contributed by atoms with van der Waals surface area (Å²) in [6.45, 7) is 1.83. The molecule has 0 aromatic heterocycles. The second kappa shape index (κ2) is 8.44. The van der Waals surface area contributed by atoms with Crippen LogP contribution in [0.15, 0.2) is 18.2 Å². The van der Waals surface area contributed by atoms with E-state index in [0.29, 0.717) is 25.5 Å². The van der Waals surface area contributed by atoms with Gasteiger partial charge in [-0.25, -0.2) is 0 Å². The molecule has 0 aliphatic rings. The van der Waals surface area contributed by atoms with Crippen LogP contribution < -0.4 is 10.1 Å². The van der Waals surface area contributed by atoms with E-state index in [0.717, 1.165) is 18.4 Å². The molecule has 0 spiro atoms. The molecule has 0 unspecified atom stereocenters. The largest absolute Gasteiger partial charge is 0.493 e. The first-order chi connectivity index (χ1) is 9.19. The Kier molecular flexibility index (Phi) is 6.84. The molecule has 1 N–H and O–H groups in total. The summed E-state index contributed by atoms with van der Waals surface area (Å²) in [5.41, 5.74) is 0.875. The van der Waals surface area contributed by atoms with E-state index in [1.165, 1.54) is 6.07 Å². The van der Waals surface area contributed by atoms with Crippen molar-refractivity contribution in [2.24, 2.45) is 0 Å². The normalized spacial score (nSPS) is 10.4. The van der Waals surface area contributed by atoms with E-state index in [2.05, 4.69) is 5.32 Å². The molecule has 0 heterocycles. The molecular weight excluding hydrogens is 248 g/mol. The summed E-state index contributed by atoms with van der Waals surface area (Å²) < 4.78 is 10.6. The van der Waals surface area contributed by atoms with Crippen molar-refractivity contribution in [3.05, 3.63) is 33.9 Å². The topological polar surface area (TPSA) is 73.6 Å². The van der Waals surface area contributed by atoms with Crippen molar-refractivity contribution in [2.45, 2.75) is 19.4 Å². The number of rotatable bonds is 9. The van der Waals surface area contributed by atoms with E-state index in [4.69, 9.17) is 9.47 Å². The predicted octanol–water partition coefficient (Wildman–Crippen LogP) is 2.12. The van der Waals surface area contributed by atoms with Gasteiger partial charge in [-0.1, -0.05) is 0 Å². The summed E-state index contributed by atoms with van der Waals surface area (Å²) in [6.07, 6.45) is 1.83. The number of nitrogens with one attached hydrogen (secondary N) is 1. The SMILES string of the molecule is CNCc1cc([N+](=O)[O-])ccc1OCCCCOC. The average molecular weight is 268 g/mol. The molecule has 0 saturated carbocycles. The van der Waals surface area contributed by atoms with Crippen LogP contribution in [0, 0.1) is 10.1 Å². The van der Waals surface area contributed by atoms with Gasteiger partial charge in [0.25, 0.3) is 5.69 Å². The second-order valence-corrected chi connectivity index (χ2v) is 4.13. The Morgan fingerprint density at radius 1 is 1.32 bits per heavy atom. The lowest BCUT2D eigenvalue weighted by Crippen LogP contribution is -2.09. The fourth-order valence-electron chi connectivity index (χ4n) is 1.68. The zero-order valence-corrected chi connectivity index (χ0v) is 11.3. The predicted molar refractivity (Wildman–Crippen MR) is 72.5 cm³/mol. The van der Waals surface area contributed by atoms with Crippen LogP contribution in [-0.4, -0.2) is 32.3 Å². The molecule has 6 nitrogen and oxygen atoms in total. The van der Waals surface area contributed by atoms with Crippen molar-refractivity contribution in [3.63, 3.8) is 0 Å². The fourth-order valence-corrected chi connectivity index (χ4v) is 1.68. The standard InChI is InChI=1S/C13H20N2O4/c1-14-10-11-9-12(15(16)17)5-6-13(11)19-8-4-3-7-18-2/h5-6,9,14H,3-4,7-8,10H2,1-2H3. The minimum Gasteiger partial charge on any atom is -0.493 e. The third-order valence-corrected chi connectivity index (χ3v) is 2.62. The van der Waals surface area contributed by atoms with Crippen molar-refractivity contribution in [1.82, 2.24) is 5.32 Å². The molecule has 0 saturated heterocycles. The maximum Gasteiger partial charge on any atom is 0.270 e. The molecular formula is C13H20N2O4. The van der Waals surface area contributed by atoms with Crippen molar-refractivity contribution in [3.8, 4) is 5.75 Å². The summed E-state index contributed by atoms with van der Waals surface area (Å²) in [5.74, 6) is 0.692. The van der Waals surface area contributed by atoms with E-state index in [1.807, 2.05) is 0 Å². The van der Waals surface area contributed by atoms with Gasteiger partial charge >= 0.3 is 0 Å². The number of nitro benzene ring substituents is 1. The van der Waals surface area contributed by atoms with Gasteiger partial charge in [0.1, 0.15) is 5.75 Å². The lowest BCUT2D eigenvalue weighted by molar-refractivity contribution is -0.384. The van der Waals surface area contributed by atoms with Crippen molar-refractivity contribution in [1.29, 1.82) is 0 Å². The lowest BCUT2D eigenvalue weighted by Gasteiger charge is -2.11. The Labute approximate surface area is 112 Å². The summed E-state index contributed by atoms with van der Waals surface area (Å²) in [5, 5.41) is 13.7. The molecule has 19 heavy (non-hydrogen) atoms. The minimum atomic E-state index is -0.401. The first-order valence-electron chi connectivity index (χ1n) is 6.22. The van der Waals surface area contributed by atoms with Gasteiger partial charge in [-0.2, -0.15) is 0 Å². The van der Waals surface area contributed by atoms with Gasteiger partial charge in [0.05, 0.1) is 11.5 Å². The molecule has 0 bridgehead atoms. The number of methoxy groups -OCH3 is 1. The van der Waals surface area contributed by atoms with Crippen LogP contribution in [0.1, 0.15) is 18.4 Å². The van der Waals surface area contributed by atoms with E-state index in [1.54, 1.807) is 26.3 Å². The number of nitro groups is 1. The molecule has 0 fully saturated rings. The third kappa shape index (κ3) is 5.23. The molecule has 0 radical (unpaired) electrons. The monoisotopic (exact) mass is 268 g/mol. The molecule has 0 atom stereocenters. The smallest absolute Gasteiger partial charge is 0.270 e. The van der Waals surface area contributed by atoms with Crippen molar-refractivity contribution in [2.75, 3.05) is 27.4 Å². The van der Waals surface area contributed by atoms with Crippen LogP contribution in [0.3, 0.4) is 0 Å². The van der Waals surface area contributed by atoms with E-state index in [-0.39, 0.29) is 5.69 Å². The summed E-state index contributed by atoms with van der Waals surface area (Å²) in [7, 11) is 3.46. The molecule has 1 aromatic rings. The number of ether oxygens (including phenoxy) is 2. The van der Waals surface area contributed by atoms with Crippen LogP contribution in [0.4, 0.5) is 5.69 Å². The van der Waals surface area contributed by atoms with Gasteiger partial charge in [0.2, 0.25) is 0 Å². The Balaban J connectivity index is 2.62. The maximum absolute atomic E-state index is 10.7. The maximum atomic E-state index is 10.7. The Bertz CT molecular complexity index is 410. The molecule has 6 heteroatoms. The lowest BCUT2D eigenvalue weighted by atomic mass is 10.1. The number of nitrogens with zero attached hydrogens (tertiary/aromatic N) is 1. The van der Waals surface area contributed by atoms with Crippen LogP contribution >= 0.6 is 0 Å². The molecule has 0 aliphatic carbocycles. The molecule has 106 valence electrons. The second-order valence-electron chi connectivity index (χ2n) is 4.13. The summed E-state index contributed by atoms with van der Waals surface area (Å²) in [6, 6.07) is 4.66. The number of benzene rings is 1. The summed E-state index contributed by atoms with van der Waals surface area (Å²) in [4.78, 5) is 10.3. The van der Waals surface area contributed by atoms with Crippen LogP contribution in [0.25, 0.3) is 0 Å². The van der Waals surface area contributed by atoms with E-state index >= 15 is 0 Å². The van der Waals surface area contributed by atoms with Crippen LogP contribution in [-0.2, 0) is 11.3 Å². The Morgan fingerprint density at radius 3 is 2.68 bits per heavy atom. The highest BCUT2D eigenvalue weighted by molar-refractivity contribution is 5.43. The first kappa shape index (κ1) is 15.4. The number of hydrogen-bond acceptors (Lipinski definition) is 5. The van der Waals surface area contributed by atoms with Gasteiger partial charge in [0, 0.05) is 38.0 Å². The average Bonchev–Trinajstić information content (AvgIpc) is 2.40. The third-order valence-electron chi connectivity index (χ3n) is 2.62.